The molecule has 0 aliphatic carbocycles. The quantitative estimate of drug-likeness (QED) is 0.799. The minimum Gasteiger partial charge on any atom is -0.321 e. The minimum absolute atomic E-state index is 0.00630. The summed E-state index contributed by atoms with van der Waals surface area (Å²) in [4.78, 5) is 0. The molecule has 0 amide bonds. The number of allylic oxidation sites excluding steroid dienone is 1. The van der Waals surface area contributed by atoms with Gasteiger partial charge in [0.05, 0.1) is 0 Å². The highest BCUT2D eigenvalue weighted by Crippen LogP contribution is 2.21. The molecule has 0 radical (unpaired) electrons. The summed E-state index contributed by atoms with van der Waals surface area (Å²) in [5.41, 5.74) is 9.65. The minimum atomic E-state index is 0.00630. The second kappa shape index (κ2) is 4.76. The van der Waals surface area contributed by atoms with Gasteiger partial charge >= 0.3 is 0 Å². The van der Waals surface area contributed by atoms with E-state index in [0.29, 0.717) is 0 Å². The van der Waals surface area contributed by atoms with Gasteiger partial charge in [0, 0.05) is 10.5 Å². The molecule has 0 aliphatic rings. The van der Waals surface area contributed by atoms with Crippen LogP contribution in [0.5, 0.6) is 0 Å². The van der Waals surface area contributed by atoms with Crippen molar-refractivity contribution in [1.29, 1.82) is 0 Å². The third kappa shape index (κ3) is 2.96. The molecular weight excluding hydrogens is 238 g/mol. The molecule has 1 nitrogen and oxygen atoms in total. The molecule has 1 aromatic carbocycles. The van der Waals surface area contributed by atoms with Crippen LogP contribution < -0.4 is 5.73 Å². The van der Waals surface area contributed by atoms with Crippen LogP contribution in [0.2, 0.25) is 0 Å². The van der Waals surface area contributed by atoms with E-state index in [1.54, 1.807) is 0 Å². The van der Waals surface area contributed by atoms with E-state index in [1.807, 2.05) is 6.07 Å². The number of hydrogen-bond acceptors (Lipinski definition) is 1. The topological polar surface area (TPSA) is 26.0 Å². The second-order valence-corrected chi connectivity index (χ2v) is 4.63. The van der Waals surface area contributed by atoms with Crippen LogP contribution in [-0.4, -0.2) is 0 Å². The number of halogens is 1. The molecule has 14 heavy (non-hydrogen) atoms. The molecule has 0 bridgehead atoms. The molecule has 0 saturated heterocycles. The van der Waals surface area contributed by atoms with E-state index < -0.39 is 0 Å². The zero-order valence-corrected chi connectivity index (χ0v) is 10.4. The first-order valence-corrected chi connectivity index (χ1v) is 5.46. The first kappa shape index (κ1) is 11.5. The Morgan fingerprint density at radius 3 is 2.57 bits per heavy atom. The SMILES string of the molecule is CC(C)=CC(N)c1ccc(Br)c(C)c1. The number of nitrogens with two attached hydrogens (primary N) is 1. The molecule has 2 N–H and O–H groups in total. The maximum absolute atomic E-state index is 6.02. The van der Waals surface area contributed by atoms with Crippen molar-refractivity contribution in [1.82, 2.24) is 0 Å². The molecule has 0 aliphatic heterocycles. The van der Waals surface area contributed by atoms with Crippen LogP contribution in [0, 0.1) is 6.92 Å². The summed E-state index contributed by atoms with van der Waals surface area (Å²) in [6.45, 7) is 6.19. The van der Waals surface area contributed by atoms with Gasteiger partial charge in [-0.25, -0.2) is 0 Å². The van der Waals surface area contributed by atoms with Crippen LogP contribution in [0.3, 0.4) is 0 Å². The van der Waals surface area contributed by atoms with Gasteiger partial charge in [0.25, 0.3) is 0 Å². The number of benzene rings is 1. The molecule has 0 aromatic heterocycles. The molecule has 0 saturated carbocycles. The standard InChI is InChI=1S/C12H16BrN/c1-8(2)6-12(14)10-4-5-11(13)9(3)7-10/h4-7,12H,14H2,1-3H3. The second-order valence-electron chi connectivity index (χ2n) is 3.78. The lowest BCUT2D eigenvalue weighted by Gasteiger charge is -2.09. The van der Waals surface area contributed by atoms with Crippen molar-refractivity contribution >= 4 is 15.9 Å². The van der Waals surface area contributed by atoms with Gasteiger partial charge in [0.2, 0.25) is 0 Å². The summed E-state index contributed by atoms with van der Waals surface area (Å²) >= 11 is 3.47. The Morgan fingerprint density at radius 1 is 1.43 bits per heavy atom. The van der Waals surface area contributed by atoms with E-state index in [2.05, 4.69) is 54.9 Å². The van der Waals surface area contributed by atoms with E-state index in [1.165, 1.54) is 11.1 Å². The Morgan fingerprint density at radius 2 is 2.07 bits per heavy atom. The normalized spacial score (nSPS) is 12.4. The van der Waals surface area contributed by atoms with Gasteiger partial charge in [-0.15, -0.1) is 0 Å². The van der Waals surface area contributed by atoms with E-state index in [0.717, 1.165) is 10.0 Å². The largest absolute Gasteiger partial charge is 0.321 e. The first-order chi connectivity index (χ1) is 6.50. The van der Waals surface area contributed by atoms with E-state index in [9.17, 15) is 0 Å². The van der Waals surface area contributed by atoms with Crippen molar-refractivity contribution in [2.75, 3.05) is 0 Å². The van der Waals surface area contributed by atoms with Crippen molar-refractivity contribution in [3.63, 3.8) is 0 Å². The fourth-order valence-electron chi connectivity index (χ4n) is 1.33. The molecule has 0 spiro atoms. The zero-order chi connectivity index (χ0) is 10.7. The maximum Gasteiger partial charge on any atom is 0.0483 e. The summed E-state index contributed by atoms with van der Waals surface area (Å²) in [5.74, 6) is 0. The predicted octanol–water partition coefficient (Wildman–Crippen LogP) is 3.72. The van der Waals surface area contributed by atoms with Gasteiger partial charge in [-0.1, -0.05) is 39.7 Å². The summed E-state index contributed by atoms with van der Waals surface area (Å²) in [6, 6.07) is 6.23. The lowest BCUT2D eigenvalue weighted by molar-refractivity contribution is 0.896. The van der Waals surface area contributed by atoms with Gasteiger partial charge in [-0.3, -0.25) is 0 Å². The molecule has 1 unspecified atom stereocenters. The molecule has 1 atom stereocenters. The van der Waals surface area contributed by atoms with E-state index >= 15 is 0 Å². The van der Waals surface area contributed by atoms with Gasteiger partial charge in [-0.2, -0.15) is 0 Å². The van der Waals surface area contributed by atoms with E-state index in [-0.39, 0.29) is 6.04 Å². The number of aryl methyl sites for hydroxylation is 1. The van der Waals surface area contributed by atoms with Crippen molar-refractivity contribution < 1.29 is 0 Å². The van der Waals surface area contributed by atoms with Gasteiger partial charge < -0.3 is 5.73 Å². The lowest BCUT2D eigenvalue weighted by atomic mass is 10.0. The number of hydrogen-bond donors (Lipinski definition) is 1. The fraction of sp³-hybridized carbons (Fsp3) is 0.333. The van der Waals surface area contributed by atoms with Gasteiger partial charge in [0.15, 0.2) is 0 Å². The number of rotatable bonds is 2. The fourth-order valence-corrected chi connectivity index (χ4v) is 1.58. The van der Waals surface area contributed by atoms with E-state index in [4.69, 9.17) is 5.73 Å². The highest BCUT2D eigenvalue weighted by Gasteiger charge is 2.03. The van der Waals surface area contributed by atoms with Crippen LogP contribution >= 0.6 is 15.9 Å². The van der Waals surface area contributed by atoms with Crippen LogP contribution in [0.25, 0.3) is 0 Å². The Labute approximate surface area is 94.1 Å². The van der Waals surface area contributed by atoms with Crippen molar-refractivity contribution in [3.05, 3.63) is 45.4 Å². The smallest absolute Gasteiger partial charge is 0.0483 e. The lowest BCUT2D eigenvalue weighted by Crippen LogP contribution is -2.07. The summed E-state index contributed by atoms with van der Waals surface area (Å²) in [5, 5.41) is 0. The molecule has 0 heterocycles. The highest BCUT2D eigenvalue weighted by atomic mass is 79.9. The van der Waals surface area contributed by atoms with Crippen LogP contribution in [-0.2, 0) is 0 Å². The predicted molar refractivity (Wildman–Crippen MR) is 65.2 cm³/mol. The van der Waals surface area contributed by atoms with Crippen molar-refractivity contribution in [3.8, 4) is 0 Å². The average Bonchev–Trinajstić information content (AvgIpc) is 2.08. The molecular formula is C12H16BrN. The molecule has 1 rings (SSSR count). The summed E-state index contributed by atoms with van der Waals surface area (Å²) < 4.78 is 1.13. The Bertz CT molecular complexity index is 351. The van der Waals surface area contributed by atoms with Crippen LogP contribution in [0.1, 0.15) is 31.0 Å². The molecule has 76 valence electrons. The molecule has 1 aromatic rings. The summed E-state index contributed by atoms with van der Waals surface area (Å²) in [6.07, 6.45) is 2.07. The summed E-state index contributed by atoms with van der Waals surface area (Å²) in [7, 11) is 0. The Kier molecular flexibility index (Phi) is 3.90. The van der Waals surface area contributed by atoms with Crippen LogP contribution in [0.4, 0.5) is 0 Å². The Hall–Kier alpha value is -0.600. The zero-order valence-electron chi connectivity index (χ0n) is 8.84. The highest BCUT2D eigenvalue weighted by molar-refractivity contribution is 9.10. The van der Waals surface area contributed by atoms with Crippen molar-refractivity contribution in [2.45, 2.75) is 26.8 Å². The Balaban J connectivity index is 2.97. The molecule has 2 heteroatoms. The average molecular weight is 254 g/mol. The maximum atomic E-state index is 6.02. The molecule has 0 fully saturated rings. The van der Waals surface area contributed by atoms with Gasteiger partial charge in [0.1, 0.15) is 0 Å². The first-order valence-electron chi connectivity index (χ1n) is 4.67. The monoisotopic (exact) mass is 253 g/mol. The third-order valence-corrected chi connectivity index (χ3v) is 2.97. The third-order valence-electron chi connectivity index (χ3n) is 2.08. The van der Waals surface area contributed by atoms with Crippen molar-refractivity contribution in [2.24, 2.45) is 5.73 Å². The van der Waals surface area contributed by atoms with Crippen LogP contribution in [0.15, 0.2) is 34.3 Å². The van der Waals surface area contributed by atoms with Gasteiger partial charge in [-0.05, 0) is 38.0 Å².